The quantitative estimate of drug-likeness (QED) is 0.752. The fraction of sp³-hybridized carbons (Fsp3) is 0.350. The first-order valence-corrected chi connectivity index (χ1v) is 10.6. The monoisotopic (exact) mass is 390 g/mol. The van der Waals surface area contributed by atoms with E-state index in [1.165, 1.54) is 0 Å². The molecular formula is C20H26N2O4S. The Balaban J connectivity index is 2.08. The summed E-state index contributed by atoms with van der Waals surface area (Å²) in [7, 11) is -3.60. The Labute approximate surface area is 161 Å². The standard InChI is InChI=1S/C20H26N2O4S/c1-5-26-18-11-9-17(10-12-18)13-21-19(23)14-22(27(4,24)25)20-15(2)7-6-8-16(20)3/h6-12H,5,13-14H2,1-4H3,(H,21,23). The first-order valence-electron chi connectivity index (χ1n) is 8.74. The van der Waals surface area contributed by atoms with Crippen molar-refractivity contribution < 1.29 is 17.9 Å². The Hall–Kier alpha value is -2.54. The van der Waals surface area contributed by atoms with Crippen molar-refractivity contribution in [1.82, 2.24) is 5.32 Å². The van der Waals surface area contributed by atoms with E-state index < -0.39 is 10.0 Å². The number of carbonyl (C=O) groups excluding carboxylic acids is 1. The molecular weight excluding hydrogens is 364 g/mol. The normalized spacial score (nSPS) is 11.1. The van der Waals surface area contributed by atoms with Crippen LogP contribution in [0.2, 0.25) is 0 Å². The van der Waals surface area contributed by atoms with Gasteiger partial charge in [0.2, 0.25) is 15.9 Å². The third-order valence-corrected chi connectivity index (χ3v) is 5.21. The van der Waals surface area contributed by atoms with E-state index in [0.717, 1.165) is 33.0 Å². The highest BCUT2D eigenvalue weighted by Crippen LogP contribution is 2.26. The van der Waals surface area contributed by atoms with Gasteiger partial charge in [-0.05, 0) is 49.6 Å². The molecule has 27 heavy (non-hydrogen) atoms. The number of hydrogen-bond acceptors (Lipinski definition) is 4. The van der Waals surface area contributed by atoms with Gasteiger partial charge in [0, 0.05) is 6.54 Å². The van der Waals surface area contributed by atoms with Crippen LogP contribution < -0.4 is 14.4 Å². The Kier molecular flexibility index (Phi) is 6.85. The van der Waals surface area contributed by atoms with Gasteiger partial charge in [-0.25, -0.2) is 8.42 Å². The average Bonchev–Trinajstić information content (AvgIpc) is 2.59. The molecule has 0 fully saturated rings. The van der Waals surface area contributed by atoms with Gasteiger partial charge in [-0.2, -0.15) is 0 Å². The van der Waals surface area contributed by atoms with E-state index in [1.807, 2.05) is 63.2 Å². The van der Waals surface area contributed by atoms with Crippen LogP contribution >= 0.6 is 0 Å². The SMILES string of the molecule is CCOc1ccc(CNC(=O)CN(c2c(C)cccc2C)S(C)(=O)=O)cc1. The van der Waals surface area contributed by atoms with Gasteiger partial charge in [0.05, 0.1) is 18.6 Å². The Bertz CT molecular complexity index is 872. The first-order chi connectivity index (χ1) is 12.7. The van der Waals surface area contributed by atoms with Gasteiger partial charge in [0.15, 0.2) is 0 Å². The predicted octanol–water partition coefficient (Wildman–Crippen LogP) is 2.78. The number of anilines is 1. The second kappa shape index (κ2) is 8.90. The molecule has 1 N–H and O–H groups in total. The second-order valence-electron chi connectivity index (χ2n) is 6.36. The molecule has 0 spiro atoms. The molecule has 146 valence electrons. The molecule has 0 heterocycles. The van der Waals surface area contributed by atoms with Crippen LogP contribution in [0.25, 0.3) is 0 Å². The van der Waals surface area contributed by atoms with Gasteiger partial charge in [0.25, 0.3) is 0 Å². The number of nitrogens with one attached hydrogen (secondary N) is 1. The zero-order chi connectivity index (χ0) is 20.0. The number of hydrogen-bond donors (Lipinski definition) is 1. The van der Waals surface area contributed by atoms with Crippen molar-refractivity contribution in [3.05, 3.63) is 59.2 Å². The largest absolute Gasteiger partial charge is 0.494 e. The van der Waals surface area contributed by atoms with Gasteiger partial charge in [0.1, 0.15) is 12.3 Å². The summed E-state index contributed by atoms with van der Waals surface area (Å²) in [5.74, 6) is 0.405. The number of carbonyl (C=O) groups is 1. The average molecular weight is 391 g/mol. The molecule has 2 aromatic rings. The summed E-state index contributed by atoms with van der Waals surface area (Å²) in [6.45, 7) is 6.22. The molecule has 0 atom stereocenters. The minimum absolute atomic E-state index is 0.262. The third kappa shape index (κ3) is 5.72. The molecule has 0 aromatic heterocycles. The number of benzene rings is 2. The summed E-state index contributed by atoms with van der Waals surface area (Å²) in [4.78, 5) is 12.4. The zero-order valence-electron chi connectivity index (χ0n) is 16.2. The smallest absolute Gasteiger partial charge is 0.241 e. The number of ether oxygens (including phenoxy) is 1. The van der Waals surface area contributed by atoms with Gasteiger partial charge >= 0.3 is 0 Å². The predicted molar refractivity (Wildman–Crippen MR) is 108 cm³/mol. The van der Waals surface area contributed by atoms with Crippen LogP contribution in [-0.4, -0.2) is 33.7 Å². The summed E-state index contributed by atoms with van der Waals surface area (Å²) in [5, 5.41) is 2.78. The number of nitrogens with zero attached hydrogens (tertiary/aromatic N) is 1. The van der Waals surface area contributed by atoms with Gasteiger partial charge in [-0.1, -0.05) is 30.3 Å². The summed E-state index contributed by atoms with van der Waals surface area (Å²) < 4.78 is 31.1. The second-order valence-corrected chi connectivity index (χ2v) is 8.27. The van der Waals surface area contributed by atoms with Crippen LogP contribution in [0.5, 0.6) is 5.75 Å². The molecule has 7 heteroatoms. The summed E-state index contributed by atoms with van der Waals surface area (Å²) in [5.41, 5.74) is 3.07. The van der Waals surface area contributed by atoms with Crippen LogP contribution in [0.3, 0.4) is 0 Å². The number of rotatable bonds is 8. The minimum Gasteiger partial charge on any atom is -0.494 e. The zero-order valence-corrected chi connectivity index (χ0v) is 17.0. The highest BCUT2D eigenvalue weighted by molar-refractivity contribution is 7.92. The van der Waals surface area contributed by atoms with E-state index in [4.69, 9.17) is 4.74 Å². The van der Waals surface area contributed by atoms with E-state index in [2.05, 4.69) is 5.32 Å². The maximum Gasteiger partial charge on any atom is 0.241 e. The molecule has 1 amide bonds. The maximum absolute atomic E-state index is 12.4. The van der Waals surface area contributed by atoms with Crippen LogP contribution in [0, 0.1) is 13.8 Å². The lowest BCUT2D eigenvalue weighted by molar-refractivity contribution is -0.119. The Morgan fingerprint density at radius 3 is 2.19 bits per heavy atom. The molecule has 0 bridgehead atoms. The molecule has 0 unspecified atom stereocenters. The number of amides is 1. The van der Waals surface area contributed by atoms with E-state index in [0.29, 0.717) is 18.8 Å². The van der Waals surface area contributed by atoms with Crippen molar-refractivity contribution in [1.29, 1.82) is 0 Å². The van der Waals surface area contributed by atoms with Crippen LogP contribution in [0.15, 0.2) is 42.5 Å². The van der Waals surface area contributed by atoms with Crippen molar-refractivity contribution in [3.63, 3.8) is 0 Å². The Morgan fingerprint density at radius 1 is 1.07 bits per heavy atom. The van der Waals surface area contributed by atoms with Crippen molar-refractivity contribution in [3.8, 4) is 5.75 Å². The van der Waals surface area contributed by atoms with Crippen molar-refractivity contribution >= 4 is 21.6 Å². The van der Waals surface area contributed by atoms with Crippen LogP contribution in [0.1, 0.15) is 23.6 Å². The van der Waals surface area contributed by atoms with E-state index in [1.54, 1.807) is 0 Å². The van der Waals surface area contributed by atoms with E-state index in [9.17, 15) is 13.2 Å². The highest BCUT2D eigenvalue weighted by Gasteiger charge is 2.23. The van der Waals surface area contributed by atoms with Crippen molar-refractivity contribution in [2.75, 3.05) is 23.7 Å². The molecule has 0 radical (unpaired) electrons. The van der Waals surface area contributed by atoms with Crippen LogP contribution in [0.4, 0.5) is 5.69 Å². The fourth-order valence-corrected chi connectivity index (χ4v) is 3.79. The molecule has 0 aliphatic heterocycles. The van der Waals surface area contributed by atoms with Crippen LogP contribution in [-0.2, 0) is 21.4 Å². The third-order valence-electron chi connectivity index (χ3n) is 4.10. The molecule has 0 saturated heterocycles. The molecule has 2 aromatic carbocycles. The summed E-state index contributed by atoms with van der Waals surface area (Å²) in [6, 6.07) is 12.9. The van der Waals surface area contributed by atoms with Gasteiger partial charge in [-0.3, -0.25) is 9.10 Å². The van der Waals surface area contributed by atoms with E-state index >= 15 is 0 Å². The molecule has 0 aliphatic carbocycles. The molecule has 6 nitrogen and oxygen atoms in total. The highest BCUT2D eigenvalue weighted by atomic mass is 32.2. The lowest BCUT2D eigenvalue weighted by Crippen LogP contribution is -2.40. The lowest BCUT2D eigenvalue weighted by Gasteiger charge is -2.25. The first kappa shape index (κ1) is 20.8. The molecule has 0 saturated carbocycles. The number of aryl methyl sites for hydroxylation is 2. The van der Waals surface area contributed by atoms with Gasteiger partial charge in [-0.15, -0.1) is 0 Å². The maximum atomic E-state index is 12.4. The van der Waals surface area contributed by atoms with E-state index in [-0.39, 0.29) is 12.5 Å². The minimum atomic E-state index is -3.60. The number of sulfonamides is 1. The molecule has 0 aliphatic rings. The van der Waals surface area contributed by atoms with Gasteiger partial charge < -0.3 is 10.1 Å². The summed E-state index contributed by atoms with van der Waals surface area (Å²) >= 11 is 0. The fourth-order valence-electron chi connectivity index (χ4n) is 2.82. The molecule has 2 rings (SSSR count). The summed E-state index contributed by atoms with van der Waals surface area (Å²) in [6.07, 6.45) is 1.11. The van der Waals surface area contributed by atoms with Crippen molar-refractivity contribution in [2.45, 2.75) is 27.3 Å². The lowest BCUT2D eigenvalue weighted by atomic mass is 10.1. The Morgan fingerprint density at radius 2 is 1.67 bits per heavy atom. The van der Waals surface area contributed by atoms with Crippen molar-refractivity contribution in [2.24, 2.45) is 0 Å². The number of para-hydroxylation sites is 1. The topological polar surface area (TPSA) is 75.7 Å².